The second-order valence-corrected chi connectivity index (χ2v) is 7.07. The second-order valence-electron chi connectivity index (χ2n) is 6.15. The largest absolute Gasteiger partial charge is 0.462 e. The van der Waals surface area contributed by atoms with E-state index in [4.69, 9.17) is 4.74 Å². The SMILES string of the molecule is CC(C)OC(=O)CNC(=O)c1cccc(NC(=O)Cc2ccc(Br)cc2)c1. The molecule has 0 heterocycles. The fraction of sp³-hybridized carbons (Fsp3) is 0.250. The Balaban J connectivity index is 1.91. The molecule has 0 unspecified atom stereocenters. The maximum Gasteiger partial charge on any atom is 0.325 e. The maximum atomic E-state index is 12.2. The highest BCUT2D eigenvalue weighted by molar-refractivity contribution is 9.10. The molecular formula is C20H21BrN2O4. The van der Waals surface area contributed by atoms with Crippen LogP contribution in [-0.4, -0.2) is 30.4 Å². The van der Waals surface area contributed by atoms with Gasteiger partial charge in [-0.25, -0.2) is 0 Å². The van der Waals surface area contributed by atoms with Crippen molar-refractivity contribution in [2.45, 2.75) is 26.4 Å². The predicted molar refractivity (Wildman–Crippen MR) is 106 cm³/mol. The van der Waals surface area contributed by atoms with Gasteiger partial charge in [0, 0.05) is 15.7 Å². The summed E-state index contributed by atoms with van der Waals surface area (Å²) in [7, 11) is 0. The molecule has 0 saturated heterocycles. The Labute approximate surface area is 166 Å². The zero-order chi connectivity index (χ0) is 19.8. The van der Waals surface area contributed by atoms with E-state index in [1.807, 2.05) is 24.3 Å². The average molecular weight is 433 g/mol. The van der Waals surface area contributed by atoms with Gasteiger partial charge in [0.1, 0.15) is 6.54 Å². The molecule has 0 aliphatic carbocycles. The number of esters is 1. The molecule has 0 saturated carbocycles. The van der Waals surface area contributed by atoms with Gasteiger partial charge in [-0.1, -0.05) is 34.1 Å². The number of rotatable bonds is 7. The Kier molecular flexibility index (Phi) is 7.55. The van der Waals surface area contributed by atoms with Crippen LogP contribution in [-0.2, 0) is 20.7 Å². The topological polar surface area (TPSA) is 84.5 Å². The Morgan fingerprint density at radius 1 is 1.07 bits per heavy atom. The van der Waals surface area contributed by atoms with Gasteiger partial charge in [-0.2, -0.15) is 0 Å². The zero-order valence-electron chi connectivity index (χ0n) is 15.1. The van der Waals surface area contributed by atoms with E-state index in [2.05, 4.69) is 26.6 Å². The summed E-state index contributed by atoms with van der Waals surface area (Å²) in [4.78, 5) is 35.8. The van der Waals surface area contributed by atoms with Crippen LogP contribution >= 0.6 is 15.9 Å². The quantitative estimate of drug-likeness (QED) is 0.657. The van der Waals surface area contributed by atoms with Crippen LogP contribution in [0.3, 0.4) is 0 Å². The molecule has 0 spiro atoms. The van der Waals surface area contributed by atoms with Crippen molar-refractivity contribution in [3.05, 3.63) is 64.1 Å². The first-order valence-corrected chi connectivity index (χ1v) is 9.25. The highest BCUT2D eigenvalue weighted by Gasteiger charge is 2.11. The van der Waals surface area contributed by atoms with Crippen LogP contribution in [0.4, 0.5) is 5.69 Å². The molecule has 2 aromatic carbocycles. The first kappa shape index (κ1) is 20.6. The number of carbonyl (C=O) groups excluding carboxylic acids is 3. The van der Waals surface area contributed by atoms with Gasteiger partial charge in [0.05, 0.1) is 12.5 Å². The molecule has 2 rings (SSSR count). The first-order valence-electron chi connectivity index (χ1n) is 8.45. The second kappa shape index (κ2) is 9.87. The standard InChI is InChI=1S/C20H21BrN2O4/c1-13(2)27-19(25)12-22-20(26)15-4-3-5-17(11-15)23-18(24)10-14-6-8-16(21)9-7-14/h3-9,11,13H,10,12H2,1-2H3,(H,22,26)(H,23,24). The van der Waals surface area contributed by atoms with E-state index in [1.54, 1.807) is 38.1 Å². The fourth-order valence-corrected chi connectivity index (χ4v) is 2.55. The minimum Gasteiger partial charge on any atom is -0.462 e. The average Bonchev–Trinajstić information content (AvgIpc) is 2.61. The number of amides is 2. The number of hydrogen-bond acceptors (Lipinski definition) is 4. The molecule has 0 bridgehead atoms. The van der Waals surface area contributed by atoms with E-state index in [0.717, 1.165) is 10.0 Å². The van der Waals surface area contributed by atoms with E-state index in [9.17, 15) is 14.4 Å². The summed E-state index contributed by atoms with van der Waals surface area (Å²) in [5.74, 6) is -1.10. The molecule has 7 heteroatoms. The molecule has 0 atom stereocenters. The number of halogens is 1. The maximum absolute atomic E-state index is 12.2. The molecule has 142 valence electrons. The van der Waals surface area contributed by atoms with Crippen LogP contribution in [0.15, 0.2) is 53.0 Å². The molecule has 0 aliphatic heterocycles. The van der Waals surface area contributed by atoms with E-state index >= 15 is 0 Å². The summed E-state index contributed by atoms with van der Waals surface area (Å²) in [6.45, 7) is 3.26. The van der Waals surface area contributed by atoms with Crippen molar-refractivity contribution >= 4 is 39.4 Å². The number of nitrogens with one attached hydrogen (secondary N) is 2. The van der Waals surface area contributed by atoms with E-state index in [-0.39, 0.29) is 25.0 Å². The Morgan fingerprint density at radius 2 is 1.78 bits per heavy atom. The molecule has 2 aromatic rings. The van der Waals surface area contributed by atoms with Crippen molar-refractivity contribution in [3.8, 4) is 0 Å². The number of anilines is 1. The molecule has 2 amide bonds. The summed E-state index contributed by atoms with van der Waals surface area (Å²) in [5, 5.41) is 5.27. The molecule has 27 heavy (non-hydrogen) atoms. The van der Waals surface area contributed by atoms with Crippen LogP contribution in [0.5, 0.6) is 0 Å². The molecule has 6 nitrogen and oxygen atoms in total. The Morgan fingerprint density at radius 3 is 2.44 bits per heavy atom. The van der Waals surface area contributed by atoms with Crippen LogP contribution in [0.25, 0.3) is 0 Å². The smallest absolute Gasteiger partial charge is 0.325 e. The van der Waals surface area contributed by atoms with Gasteiger partial charge in [-0.05, 0) is 49.7 Å². The lowest BCUT2D eigenvalue weighted by Crippen LogP contribution is -2.31. The van der Waals surface area contributed by atoms with Gasteiger partial charge in [0.25, 0.3) is 5.91 Å². The van der Waals surface area contributed by atoms with Gasteiger partial charge >= 0.3 is 5.97 Å². The minimum atomic E-state index is -0.502. The van der Waals surface area contributed by atoms with Crippen molar-refractivity contribution in [2.24, 2.45) is 0 Å². The summed E-state index contributed by atoms with van der Waals surface area (Å²) in [5.41, 5.74) is 1.73. The minimum absolute atomic E-state index is 0.185. The third-order valence-electron chi connectivity index (χ3n) is 3.45. The monoisotopic (exact) mass is 432 g/mol. The summed E-state index contributed by atoms with van der Waals surface area (Å²) in [6, 6.07) is 14.0. The van der Waals surface area contributed by atoms with Crippen molar-refractivity contribution < 1.29 is 19.1 Å². The molecule has 0 radical (unpaired) electrons. The number of carbonyl (C=O) groups is 3. The van der Waals surface area contributed by atoms with Gasteiger partial charge in [0.2, 0.25) is 5.91 Å². The Bertz CT molecular complexity index is 819. The predicted octanol–water partition coefficient (Wildman–Crippen LogP) is 3.31. The number of hydrogen-bond donors (Lipinski definition) is 2. The van der Waals surface area contributed by atoms with Crippen molar-refractivity contribution in [2.75, 3.05) is 11.9 Å². The van der Waals surface area contributed by atoms with Crippen molar-refractivity contribution in [1.29, 1.82) is 0 Å². The molecule has 0 aromatic heterocycles. The summed E-state index contributed by atoms with van der Waals surface area (Å²) >= 11 is 3.35. The highest BCUT2D eigenvalue weighted by atomic mass is 79.9. The summed E-state index contributed by atoms with van der Waals surface area (Å²) in [6.07, 6.45) is -0.0104. The number of benzene rings is 2. The van der Waals surface area contributed by atoms with E-state index < -0.39 is 11.9 Å². The van der Waals surface area contributed by atoms with Gasteiger partial charge < -0.3 is 15.4 Å². The molecule has 0 fully saturated rings. The summed E-state index contributed by atoms with van der Waals surface area (Å²) < 4.78 is 5.91. The zero-order valence-corrected chi connectivity index (χ0v) is 16.7. The van der Waals surface area contributed by atoms with E-state index in [1.165, 1.54) is 0 Å². The lowest BCUT2D eigenvalue weighted by Gasteiger charge is -2.10. The normalized spacial score (nSPS) is 10.4. The van der Waals surface area contributed by atoms with Crippen molar-refractivity contribution in [1.82, 2.24) is 5.32 Å². The third-order valence-corrected chi connectivity index (χ3v) is 3.98. The third kappa shape index (κ3) is 7.22. The highest BCUT2D eigenvalue weighted by Crippen LogP contribution is 2.13. The van der Waals surface area contributed by atoms with Gasteiger partial charge in [0.15, 0.2) is 0 Å². The van der Waals surface area contributed by atoms with Gasteiger partial charge in [-0.3, -0.25) is 14.4 Å². The fourth-order valence-electron chi connectivity index (χ4n) is 2.29. The van der Waals surface area contributed by atoms with Gasteiger partial charge in [-0.15, -0.1) is 0 Å². The number of ether oxygens (including phenoxy) is 1. The van der Waals surface area contributed by atoms with Crippen LogP contribution in [0.1, 0.15) is 29.8 Å². The van der Waals surface area contributed by atoms with Crippen LogP contribution in [0.2, 0.25) is 0 Å². The lowest BCUT2D eigenvalue weighted by molar-refractivity contribution is -0.146. The molecular weight excluding hydrogens is 412 g/mol. The van der Waals surface area contributed by atoms with E-state index in [0.29, 0.717) is 11.3 Å². The van der Waals surface area contributed by atoms with Crippen LogP contribution in [0, 0.1) is 0 Å². The Hall–Kier alpha value is -2.67. The molecule has 0 aliphatic rings. The van der Waals surface area contributed by atoms with Crippen LogP contribution < -0.4 is 10.6 Å². The first-order chi connectivity index (χ1) is 12.8. The lowest BCUT2D eigenvalue weighted by atomic mass is 10.1. The van der Waals surface area contributed by atoms with Crippen molar-refractivity contribution in [3.63, 3.8) is 0 Å². The molecule has 2 N–H and O–H groups in total.